The predicted octanol–water partition coefficient (Wildman–Crippen LogP) is 2.62. The van der Waals surface area contributed by atoms with Crippen molar-refractivity contribution in [2.75, 3.05) is 31.6 Å². The van der Waals surface area contributed by atoms with Crippen LogP contribution >= 0.6 is 0 Å². The Labute approximate surface area is 138 Å². The Bertz CT molecular complexity index is 565. The number of hydrogen-bond donors (Lipinski definition) is 0. The van der Waals surface area contributed by atoms with E-state index < -0.39 is 0 Å². The maximum Gasteiger partial charge on any atom is 0.230 e. The molecular weight excluding hydrogens is 292 g/mol. The van der Waals surface area contributed by atoms with Crippen molar-refractivity contribution >= 4 is 17.5 Å². The van der Waals surface area contributed by atoms with Crippen molar-refractivity contribution in [3.05, 3.63) is 23.8 Å². The molecule has 0 aliphatic carbocycles. The van der Waals surface area contributed by atoms with Crippen LogP contribution in [0, 0.1) is 0 Å². The molecule has 0 atom stereocenters. The third-order valence-corrected chi connectivity index (χ3v) is 4.03. The molecule has 0 saturated carbocycles. The maximum absolute atomic E-state index is 12.5. The molecule has 23 heavy (non-hydrogen) atoms. The second-order valence-electron chi connectivity index (χ2n) is 5.91. The molecule has 0 saturated heterocycles. The van der Waals surface area contributed by atoms with Crippen molar-refractivity contribution in [1.82, 2.24) is 4.90 Å². The quantitative estimate of drug-likeness (QED) is 0.810. The van der Waals surface area contributed by atoms with Crippen molar-refractivity contribution in [2.24, 2.45) is 0 Å². The number of hydrogen-bond acceptors (Lipinski definition) is 3. The first kappa shape index (κ1) is 17.3. The van der Waals surface area contributed by atoms with E-state index in [0.29, 0.717) is 25.2 Å². The Morgan fingerprint density at radius 3 is 2.61 bits per heavy atom. The fraction of sp³-hybridized carbons (Fsp3) is 0.556. The van der Waals surface area contributed by atoms with Gasteiger partial charge in [-0.15, -0.1) is 0 Å². The zero-order valence-electron chi connectivity index (χ0n) is 14.3. The number of carbonyl (C=O) groups excluding carboxylic acids is 2. The van der Waals surface area contributed by atoms with Gasteiger partial charge in [-0.3, -0.25) is 9.59 Å². The minimum Gasteiger partial charge on any atom is -0.491 e. The van der Waals surface area contributed by atoms with Gasteiger partial charge in [0.2, 0.25) is 11.8 Å². The number of benzene rings is 1. The second kappa shape index (κ2) is 7.99. The molecule has 0 aromatic heterocycles. The fourth-order valence-corrected chi connectivity index (χ4v) is 2.79. The highest BCUT2D eigenvalue weighted by molar-refractivity contribution is 5.95. The molecule has 0 bridgehead atoms. The highest BCUT2D eigenvalue weighted by Crippen LogP contribution is 2.31. The van der Waals surface area contributed by atoms with Gasteiger partial charge in [0.15, 0.2) is 0 Å². The molecule has 0 radical (unpaired) electrons. The second-order valence-corrected chi connectivity index (χ2v) is 5.91. The molecular formula is C18H26N2O3. The van der Waals surface area contributed by atoms with Gasteiger partial charge in [-0.05, 0) is 30.5 Å². The molecule has 1 aromatic carbocycles. The molecule has 5 nitrogen and oxygen atoms in total. The lowest BCUT2D eigenvalue weighted by molar-refractivity contribution is -0.130. The van der Waals surface area contributed by atoms with E-state index >= 15 is 0 Å². The number of nitrogens with zero attached hydrogens (tertiary/aromatic N) is 2. The van der Waals surface area contributed by atoms with Crippen LogP contribution in [0.1, 0.15) is 38.7 Å². The lowest BCUT2D eigenvalue weighted by Crippen LogP contribution is -2.33. The van der Waals surface area contributed by atoms with E-state index in [9.17, 15) is 9.59 Å². The molecule has 1 aliphatic rings. The van der Waals surface area contributed by atoms with Crippen molar-refractivity contribution in [1.29, 1.82) is 0 Å². The molecule has 126 valence electrons. The summed E-state index contributed by atoms with van der Waals surface area (Å²) in [6, 6.07) is 5.67. The van der Waals surface area contributed by atoms with Gasteiger partial charge < -0.3 is 14.5 Å². The zero-order chi connectivity index (χ0) is 16.8. The van der Waals surface area contributed by atoms with Crippen LogP contribution < -0.4 is 9.64 Å². The van der Waals surface area contributed by atoms with Crippen LogP contribution in [0.25, 0.3) is 0 Å². The van der Waals surface area contributed by atoms with Crippen molar-refractivity contribution in [3.8, 4) is 5.75 Å². The number of carbonyl (C=O) groups is 2. The molecule has 1 aliphatic heterocycles. The van der Waals surface area contributed by atoms with E-state index in [1.54, 1.807) is 11.9 Å². The minimum atomic E-state index is 0.0332. The number of rotatable bonds is 6. The lowest BCUT2D eigenvalue weighted by Gasteiger charge is -2.22. The summed E-state index contributed by atoms with van der Waals surface area (Å²) >= 11 is 0. The zero-order valence-corrected chi connectivity index (χ0v) is 14.3. The first-order valence-corrected chi connectivity index (χ1v) is 8.36. The van der Waals surface area contributed by atoms with E-state index in [0.717, 1.165) is 37.2 Å². The van der Waals surface area contributed by atoms with Crippen molar-refractivity contribution in [3.63, 3.8) is 0 Å². The van der Waals surface area contributed by atoms with Crippen LogP contribution in [-0.4, -0.2) is 43.5 Å². The van der Waals surface area contributed by atoms with Crippen LogP contribution in [0.2, 0.25) is 0 Å². The highest BCUT2D eigenvalue weighted by Gasteiger charge is 2.21. The summed E-state index contributed by atoms with van der Waals surface area (Å²) in [6.45, 7) is 6.14. The molecule has 0 spiro atoms. The number of anilines is 1. The molecule has 0 unspecified atom stereocenters. The van der Waals surface area contributed by atoms with Gasteiger partial charge in [0.05, 0.1) is 25.1 Å². The van der Waals surface area contributed by atoms with Crippen molar-refractivity contribution in [2.45, 2.75) is 39.5 Å². The first-order chi connectivity index (χ1) is 11.1. The fourth-order valence-electron chi connectivity index (χ4n) is 2.79. The van der Waals surface area contributed by atoms with E-state index in [2.05, 4.69) is 13.8 Å². The topological polar surface area (TPSA) is 49.9 Å². The smallest absolute Gasteiger partial charge is 0.230 e. The predicted molar refractivity (Wildman–Crippen MR) is 90.8 cm³/mol. The van der Waals surface area contributed by atoms with Crippen LogP contribution in [0.15, 0.2) is 18.2 Å². The summed E-state index contributed by atoms with van der Waals surface area (Å²) < 4.78 is 5.62. The average molecular weight is 318 g/mol. The average Bonchev–Trinajstić information content (AvgIpc) is 2.67. The summed E-state index contributed by atoms with van der Waals surface area (Å²) in [5.41, 5.74) is 1.66. The Hall–Kier alpha value is -2.04. The summed E-state index contributed by atoms with van der Waals surface area (Å²) in [4.78, 5) is 28.0. The van der Waals surface area contributed by atoms with Crippen LogP contribution in [-0.2, 0) is 16.0 Å². The molecule has 2 amide bonds. The van der Waals surface area contributed by atoms with E-state index in [4.69, 9.17) is 4.74 Å². The van der Waals surface area contributed by atoms with Gasteiger partial charge >= 0.3 is 0 Å². The molecule has 1 aromatic rings. The van der Waals surface area contributed by atoms with Gasteiger partial charge in [0.1, 0.15) is 5.75 Å². The summed E-state index contributed by atoms with van der Waals surface area (Å²) in [5, 5.41) is 0. The van der Waals surface area contributed by atoms with Gasteiger partial charge in [-0.2, -0.15) is 0 Å². The third kappa shape index (κ3) is 4.24. The minimum absolute atomic E-state index is 0.0332. The third-order valence-electron chi connectivity index (χ3n) is 4.03. The molecule has 0 fully saturated rings. The summed E-state index contributed by atoms with van der Waals surface area (Å²) in [7, 11) is 1.75. The maximum atomic E-state index is 12.5. The molecule has 5 heteroatoms. The summed E-state index contributed by atoms with van der Waals surface area (Å²) in [5.74, 6) is 0.872. The Morgan fingerprint density at radius 1 is 1.26 bits per heavy atom. The normalized spacial score (nSPS) is 14.0. The van der Waals surface area contributed by atoms with Crippen LogP contribution in [0.3, 0.4) is 0 Å². The van der Waals surface area contributed by atoms with E-state index in [1.165, 1.54) is 0 Å². The van der Waals surface area contributed by atoms with Gasteiger partial charge in [-0.1, -0.05) is 19.9 Å². The van der Waals surface area contributed by atoms with Crippen LogP contribution in [0.4, 0.5) is 5.69 Å². The molecule has 2 rings (SSSR count). The standard InChI is InChI=1S/C18H26N2O3/c1-4-9-20(10-5-2)18(22)13-14-6-7-16-15(12-14)19(3)17(21)8-11-23-16/h6-7,12H,4-5,8-11,13H2,1-3H3. The monoisotopic (exact) mass is 318 g/mol. The van der Waals surface area contributed by atoms with Crippen molar-refractivity contribution < 1.29 is 14.3 Å². The van der Waals surface area contributed by atoms with Gasteiger partial charge in [-0.25, -0.2) is 0 Å². The number of ether oxygens (including phenoxy) is 1. The highest BCUT2D eigenvalue weighted by atomic mass is 16.5. The van der Waals surface area contributed by atoms with Crippen LogP contribution in [0.5, 0.6) is 5.75 Å². The van der Waals surface area contributed by atoms with E-state index in [-0.39, 0.29) is 11.8 Å². The van der Waals surface area contributed by atoms with Gasteiger partial charge in [0, 0.05) is 20.1 Å². The largest absolute Gasteiger partial charge is 0.491 e. The lowest BCUT2D eigenvalue weighted by atomic mass is 10.1. The molecule has 0 N–H and O–H groups in total. The molecule has 1 heterocycles. The van der Waals surface area contributed by atoms with E-state index in [1.807, 2.05) is 23.1 Å². The Kier molecular flexibility index (Phi) is 6.02. The first-order valence-electron chi connectivity index (χ1n) is 8.36. The summed E-state index contributed by atoms with van der Waals surface area (Å²) in [6.07, 6.45) is 2.65. The number of fused-ring (bicyclic) bond motifs is 1. The van der Waals surface area contributed by atoms with Gasteiger partial charge in [0.25, 0.3) is 0 Å². The Balaban J connectivity index is 2.16. The Morgan fingerprint density at radius 2 is 1.96 bits per heavy atom. The number of amides is 2. The SMILES string of the molecule is CCCN(CCC)C(=O)Cc1ccc2c(c1)N(C)C(=O)CCO2.